The van der Waals surface area contributed by atoms with Crippen molar-refractivity contribution in [1.29, 1.82) is 0 Å². The molecule has 0 fully saturated rings. The second kappa shape index (κ2) is 6.60. The highest BCUT2D eigenvalue weighted by atomic mass is 15.2. The molecule has 1 aliphatic carbocycles. The number of nitrogens with zero attached hydrogens (tertiary/aromatic N) is 1. The summed E-state index contributed by atoms with van der Waals surface area (Å²) in [6.07, 6.45) is 3.80. The van der Waals surface area contributed by atoms with Crippen LogP contribution < -0.4 is 10.6 Å². The molecule has 0 aliphatic heterocycles. The molecule has 3 heteroatoms. The molecule has 2 N–H and O–H groups in total. The van der Waals surface area contributed by atoms with Crippen molar-refractivity contribution >= 4 is 5.96 Å². The average Bonchev–Trinajstić information content (AvgIpc) is 2.86. The highest BCUT2D eigenvalue weighted by Crippen LogP contribution is 2.22. The smallest absolute Gasteiger partial charge is 0.191 e. The van der Waals surface area contributed by atoms with Crippen LogP contribution in [0.5, 0.6) is 0 Å². The van der Waals surface area contributed by atoms with E-state index in [0.29, 0.717) is 5.92 Å². The Morgan fingerprint density at radius 2 is 2.00 bits per heavy atom. The van der Waals surface area contributed by atoms with Gasteiger partial charge in [-0.15, -0.1) is 0 Å². The predicted octanol–water partition coefficient (Wildman–Crippen LogP) is 2.50. The van der Waals surface area contributed by atoms with Gasteiger partial charge < -0.3 is 10.6 Å². The van der Waals surface area contributed by atoms with E-state index in [4.69, 9.17) is 0 Å². The molecule has 2 rings (SSSR count). The molecule has 0 aromatic heterocycles. The molecule has 0 saturated heterocycles. The summed E-state index contributed by atoms with van der Waals surface area (Å²) in [7, 11) is 1.82. The Morgan fingerprint density at radius 3 is 2.74 bits per heavy atom. The summed E-state index contributed by atoms with van der Waals surface area (Å²) in [5.74, 6) is 1.51. The molecule has 0 spiro atoms. The maximum atomic E-state index is 4.24. The summed E-state index contributed by atoms with van der Waals surface area (Å²) >= 11 is 0. The first-order valence-electron chi connectivity index (χ1n) is 7.24. The number of hydrogen-bond donors (Lipinski definition) is 2. The zero-order chi connectivity index (χ0) is 13.7. The summed E-state index contributed by atoms with van der Waals surface area (Å²) in [6, 6.07) is 6.85. The van der Waals surface area contributed by atoms with E-state index in [0.717, 1.165) is 19.0 Å². The lowest BCUT2D eigenvalue weighted by molar-refractivity contribution is 0.614. The van der Waals surface area contributed by atoms with Gasteiger partial charge in [0.05, 0.1) is 0 Å². The van der Waals surface area contributed by atoms with Gasteiger partial charge in [-0.25, -0.2) is 0 Å². The van der Waals surface area contributed by atoms with Crippen LogP contribution in [0.15, 0.2) is 23.2 Å². The van der Waals surface area contributed by atoms with E-state index in [1.807, 2.05) is 7.05 Å². The fraction of sp³-hybridized carbons (Fsp3) is 0.562. The van der Waals surface area contributed by atoms with E-state index < -0.39 is 0 Å². The third-order valence-corrected chi connectivity index (χ3v) is 3.52. The lowest BCUT2D eigenvalue weighted by Gasteiger charge is -2.14. The van der Waals surface area contributed by atoms with E-state index in [9.17, 15) is 0 Å². The summed E-state index contributed by atoms with van der Waals surface area (Å²) in [4.78, 5) is 4.24. The van der Waals surface area contributed by atoms with Gasteiger partial charge in [0.25, 0.3) is 0 Å². The summed E-state index contributed by atoms with van der Waals surface area (Å²) < 4.78 is 0. The van der Waals surface area contributed by atoms with Crippen LogP contribution in [0.1, 0.15) is 37.0 Å². The first kappa shape index (κ1) is 13.9. The maximum Gasteiger partial charge on any atom is 0.191 e. The van der Waals surface area contributed by atoms with Gasteiger partial charge in [0.2, 0.25) is 0 Å². The van der Waals surface area contributed by atoms with Crippen molar-refractivity contribution in [1.82, 2.24) is 10.6 Å². The largest absolute Gasteiger partial charge is 0.356 e. The van der Waals surface area contributed by atoms with E-state index in [1.54, 1.807) is 0 Å². The molecule has 0 radical (unpaired) electrons. The molecular formula is C16H25N3. The molecule has 104 valence electrons. The number of benzene rings is 1. The van der Waals surface area contributed by atoms with Crippen molar-refractivity contribution in [3.63, 3.8) is 0 Å². The molecular weight excluding hydrogens is 234 g/mol. The zero-order valence-electron chi connectivity index (χ0n) is 12.3. The highest BCUT2D eigenvalue weighted by Gasteiger charge is 2.10. The van der Waals surface area contributed by atoms with E-state index in [2.05, 4.69) is 47.7 Å². The number of aliphatic imine (C=N–C) groups is 1. The minimum Gasteiger partial charge on any atom is -0.356 e. The third-order valence-electron chi connectivity index (χ3n) is 3.52. The normalized spacial score (nSPS) is 14.6. The Labute approximate surface area is 116 Å². The minimum absolute atomic E-state index is 0.624. The monoisotopic (exact) mass is 259 g/mol. The number of rotatable bonds is 4. The first-order valence-corrected chi connectivity index (χ1v) is 7.24. The van der Waals surface area contributed by atoms with E-state index >= 15 is 0 Å². The van der Waals surface area contributed by atoms with Crippen molar-refractivity contribution in [3.8, 4) is 0 Å². The maximum absolute atomic E-state index is 4.24. The molecule has 0 unspecified atom stereocenters. The number of aryl methyl sites for hydroxylation is 2. The van der Waals surface area contributed by atoms with Crippen molar-refractivity contribution in [2.75, 3.05) is 13.6 Å². The molecule has 1 aromatic rings. The van der Waals surface area contributed by atoms with Crippen LogP contribution in [0, 0.1) is 5.92 Å². The molecule has 3 nitrogen and oxygen atoms in total. The van der Waals surface area contributed by atoms with Gasteiger partial charge in [-0.05, 0) is 41.9 Å². The lowest BCUT2D eigenvalue weighted by atomic mass is 10.1. The third kappa shape index (κ3) is 3.98. The van der Waals surface area contributed by atoms with Crippen LogP contribution in [0.2, 0.25) is 0 Å². The topological polar surface area (TPSA) is 36.4 Å². The molecule has 1 aliphatic rings. The SMILES string of the molecule is CN=C(NCc1ccc2c(c1)CCC2)NCC(C)C. The summed E-state index contributed by atoms with van der Waals surface area (Å²) in [5.41, 5.74) is 4.41. The molecule has 1 aromatic carbocycles. The lowest BCUT2D eigenvalue weighted by Crippen LogP contribution is -2.38. The molecule has 19 heavy (non-hydrogen) atoms. The van der Waals surface area contributed by atoms with Gasteiger partial charge in [0, 0.05) is 20.1 Å². The standard InChI is InChI=1S/C16H25N3/c1-12(2)10-18-16(17-3)19-11-13-7-8-14-5-4-6-15(14)9-13/h7-9,12H,4-6,10-11H2,1-3H3,(H2,17,18,19). The Bertz CT molecular complexity index is 449. The van der Waals surface area contributed by atoms with Crippen LogP contribution in [-0.2, 0) is 19.4 Å². The predicted molar refractivity (Wildman–Crippen MR) is 81.5 cm³/mol. The number of hydrogen-bond acceptors (Lipinski definition) is 1. The molecule has 0 bridgehead atoms. The molecule has 0 amide bonds. The van der Waals surface area contributed by atoms with Gasteiger partial charge in [-0.1, -0.05) is 32.0 Å². The number of fused-ring (bicyclic) bond motifs is 1. The fourth-order valence-electron chi connectivity index (χ4n) is 2.44. The zero-order valence-corrected chi connectivity index (χ0v) is 12.3. The first-order chi connectivity index (χ1) is 9.19. The second-order valence-electron chi connectivity index (χ2n) is 5.66. The summed E-state index contributed by atoms with van der Waals surface area (Å²) in [5, 5.41) is 6.70. The van der Waals surface area contributed by atoms with E-state index in [-0.39, 0.29) is 0 Å². The average molecular weight is 259 g/mol. The molecule has 0 atom stereocenters. The Morgan fingerprint density at radius 1 is 1.21 bits per heavy atom. The van der Waals surface area contributed by atoms with Crippen molar-refractivity contribution in [2.24, 2.45) is 10.9 Å². The van der Waals surface area contributed by atoms with Crippen LogP contribution >= 0.6 is 0 Å². The van der Waals surface area contributed by atoms with Crippen LogP contribution in [0.3, 0.4) is 0 Å². The van der Waals surface area contributed by atoms with Crippen molar-refractivity contribution in [3.05, 3.63) is 34.9 Å². The van der Waals surface area contributed by atoms with Gasteiger partial charge >= 0.3 is 0 Å². The van der Waals surface area contributed by atoms with Crippen molar-refractivity contribution < 1.29 is 0 Å². The fourth-order valence-corrected chi connectivity index (χ4v) is 2.44. The number of guanidine groups is 1. The van der Waals surface area contributed by atoms with E-state index in [1.165, 1.54) is 36.0 Å². The van der Waals surface area contributed by atoms with Crippen LogP contribution in [0.4, 0.5) is 0 Å². The molecule has 0 saturated carbocycles. The quantitative estimate of drug-likeness (QED) is 0.644. The van der Waals surface area contributed by atoms with Crippen LogP contribution in [-0.4, -0.2) is 19.6 Å². The van der Waals surface area contributed by atoms with Crippen molar-refractivity contribution in [2.45, 2.75) is 39.7 Å². The second-order valence-corrected chi connectivity index (χ2v) is 5.66. The van der Waals surface area contributed by atoms with Crippen LogP contribution in [0.25, 0.3) is 0 Å². The van der Waals surface area contributed by atoms with Gasteiger partial charge in [0.1, 0.15) is 0 Å². The minimum atomic E-state index is 0.624. The van der Waals surface area contributed by atoms with Gasteiger partial charge in [-0.3, -0.25) is 4.99 Å². The van der Waals surface area contributed by atoms with Gasteiger partial charge in [-0.2, -0.15) is 0 Å². The highest BCUT2D eigenvalue weighted by molar-refractivity contribution is 5.79. The summed E-state index contributed by atoms with van der Waals surface area (Å²) in [6.45, 7) is 6.18. The Hall–Kier alpha value is -1.51. The van der Waals surface area contributed by atoms with Gasteiger partial charge in [0.15, 0.2) is 5.96 Å². The molecule has 0 heterocycles. The Balaban J connectivity index is 1.87. The Kier molecular flexibility index (Phi) is 4.83. The number of nitrogens with one attached hydrogen (secondary N) is 2.